The van der Waals surface area contributed by atoms with Crippen LogP contribution in [0.3, 0.4) is 0 Å². The molecule has 0 rings (SSSR count). The highest BCUT2D eigenvalue weighted by atomic mass is 16.5. The minimum absolute atomic E-state index is 0.0784. The summed E-state index contributed by atoms with van der Waals surface area (Å²) in [4.78, 5) is 22.9. The summed E-state index contributed by atoms with van der Waals surface area (Å²) >= 11 is 0. The Kier molecular flexibility index (Phi) is 28.7. The van der Waals surface area contributed by atoms with Gasteiger partial charge in [0.15, 0.2) is 0 Å². The van der Waals surface area contributed by atoms with Crippen molar-refractivity contribution in [1.29, 1.82) is 0 Å². The van der Waals surface area contributed by atoms with Crippen LogP contribution < -0.4 is 0 Å². The molecule has 0 amide bonds. The molecule has 0 aliphatic rings. The molecule has 0 saturated heterocycles. The van der Waals surface area contributed by atoms with E-state index in [1.165, 1.54) is 89.9 Å². The van der Waals surface area contributed by atoms with Crippen molar-refractivity contribution in [1.82, 2.24) is 0 Å². The van der Waals surface area contributed by atoms with Crippen LogP contribution in [0.5, 0.6) is 0 Å². The lowest BCUT2D eigenvalue weighted by atomic mass is 10.1. The number of carbonyl (C=O) groups excluding carboxylic acids is 1. The maximum atomic E-state index is 12.3. The third-order valence-electron chi connectivity index (χ3n) is 7.11. The third kappa shape index (κ3) is 29.0. The third-order valence-corrected chi connectivity index (χ3v) is 7.11. The van der Waals surface area contributed by atoms with Crippen LogP contribution in [-0.4, -0.2) is 23.1 Å². The van der Waals surface area contributed by atoms with Gasteiger partial charge in [-0.2, -0.15) is 0 Å². The van der Waals surface area contributed by atoms with E-state index in [2.05, 4.69) is 32.1 Å². The van der Waals surface area contributed by atoms with Crippen molar-refractivity contribution in [2.75, 3.05) is 0 Å². The molecule has 0 aromatic carbocycles. The molecule has 0 spiro atoms. The minimum atomic E-state index is -0.726. The van der Waals surface area contributed by atoms with Gasteiger partial charge in [-0.05, 0) is 63.9 Å². The van der Waals surface area contributed by atoms with E-state index >= 15 is 0 Å². The summed E-state index contributed by atoms with van der Waals surface area (Å²) in [6.45, 7) is 4.42. The zero-order valence-electron chi connectivity index (χ0n) is 25.2. The smallest absolute Gasteiger partial charge is 0.306 e. The summed E-state index contributed by atoms with van der Waals surface area (Å²) in [5.74, 6) is -0.804. The summed E-state index contributed by atoms with van der Waals surface area (Å²) in [5.41, 5.74) is 0. The van der Waals surface area contributed by atoms with Gasteiger partial charge in [-0.15, -0.1) is 0 Å². The van der Waals surface area contributed by atoms with Crippen molar-refractivity contribution in [3.8, 4) is 0 Å². The van der Waals surface area contributed by atoms with Gasteiger partial charge in [0.2, 0.25) is 0 Å². The summed E-state index contributed by atoms with van der Waals surface area (Å²) in [7, 11) is 0. The van der Waals surface area contributed by atoms with Crippen LogP contribution in [0.2, 0.25) is 0 Å². The number of ether oxygens (including phenoxy) is 1. The topological polar surface area (TPSA) is 63.6 Å². The van der Waals surface area contributed by atoms with Crippen molar-refractivity contribution in [2.24, 2.45) is 0 Å². The first-order valence-corrected chi connectivity index (χ1v) is 16.3. The summed E-state index contributed by atoms with van der Waals surface area (Å²) in [5, 5.41) is 8.73. The second-order valence-electron chi connectivity index (χ2n) is 11.0. The van der Waals surface area contributed by atoms with Crippen molar-refractivity contribution < 1.29 is 19.4 Å². The maximum Gasteiger partial charge on any atom is 0.306 e. The fraction of sp³-hybridized carbons (Fsp3) is 0.824. The maximum absolute atomic E-state index is 12.3. The van der Waals surface area contributed by atoms with E-state index in [-0.39, 0.29) is 18.5 Å². The lowest BCUT2D eigenvalue weighted by Crippen LogP contribution is -2.16. The molecule has 0 aliphatic carbocycles. The number of hydrogen-bond acceptors (Lipinski definition) is 3. The van der Waals surface area contributed by atoms with Crippen molar-refractivity contribution in [3.63, 3.8) is 0 Å². The van der Waals surface area contributed by atoms with Gasteiger partial charge >= 0.3 is 11.9 Å². The van der Waals surface area contributed by atoms with E-state index in [1.54, 1.807) is 0 Å². The first-order valence-electron chi connectivity index (χ1n) is 16.3. The van der Waals surface area contributed by atoms with Gasteiger partial charge in [0.05, 0.1) is 0 Å². The number of aliphatic carboxylic acids is 1. The fourth-order valence-electron chi connectivity index (χ4n) is 4.68. The number of carbonyl (C=O) groups is 2. The average Bonchev–Trinajstić information content (AvgIpc) is 2.89. The Hall–Kier alpha value is -1.58. The molecule has 0 aliphatic heterocycles. The zero-order chi connectivity index (χ0) is 27.9. The van der Waals surface area contributed by atoms with Crippen LogP contribution in [0.1, 0.15) is 174 Å². The molecule has 0 fully saturated rings. The largest absolute Gasteiger partial charge is 0.481 e. The number of carboxylic acid groups (broad SMARTS) is 1. The number of hydrogen-bond donors (Lipinski definition) is 1. The summed E-state index contributed by atoms with van der Waals surface area (Å²) in [6.07, 6.45) is 36.6. The van der Waals surface area contributed by atoms with Gasteiger partial charge < -0.3 is 9.84 Å². The van der Waals surface area contributed by atoms with Gasteiger partial charge in [-0.1, -0.05) is 122 Å². The van der Waals surface area contributed by atoms with Gasteiger partial charge in [-0.25, -0.2) is 0 Å². The molecule has 4 heteroatoms. The van der Waals surface area contributed by atoms with E-state index in [1.807, 2.05) is 6.08 Å². The predicted molar refractivity (Wildman–Crippen MR) is 163 cm³/mol. The molecule has 1 atom stereocenters. The molecule has 0 bridgehead atoms. The van der Waals surface area contributed by atoms with Crippen LogP contribution in [0.4, 0.5) is 0 Å². The quantitative estimate of drug-likeness (QED) is 0.0589. The number of rotatable bonds is 29. The van der Waals surface area contributed by atoms with Crippen LogP contribution in [0.25, 0.3) is 0 Å². The number of unbranched alkanes of at least 4 members (excludes halogenated alkanes) is 18. The zero-order valence-corrected chi connectivity index (χ0v) is 25.2. The standard InChI is InChI=1S/C34H62O4/c1-3-5-7-8-9-10-11-12-13-14-15-16-17-18-19-20-21-27-31-34(37)38-32(28-24-6-4-2)29-25-22-23-26-30-33(35)36/h13-14,24,28,32H,3-12,15-23,25-27,29-31H2,1-2H3,(H,35,36)/b14-13-,28-24-. The molecular weight excluding hydrogens is 472 g/mol. The van der Waals surface area contributed by atoms with Crippen LogP contribution in [0, 0.1) is 0 Å². The SMILES string of the molecule is CCC/C=C\C(CCCCCCC(=O)O)OC(=O)CCCCCCCCC/C=C\CCCCCCCCC. The fourth-order valence-corrected chi connectivity index (χ4v) is 4.68. The molecule has 0 saturated carbocycles. The average molecular weight is 535 g/mol. The summed E-state index contributed by atoms with van der Waals surface area (Å²) in [6, 6.07) is 0. The normalized spacial score (nSPS) is 12.5. The van der Waals surface area contributed by atoms with Crippen LogP contribution in [-0.2, 0) is 14.3 Å². The monoisotopic (exact) mass is 534 g/mol. The Balaban J connectivity index is 3.69. The molecule has 1 unspecified atom stereocenters. The highest BCUT2D eigenvalue weighted by Gasteiger charge is 2.11. The molecule has 1 N–H and O–H groups in total. The molecule has 222 valence electrons. The Labute approximate surface area is 236 Å². The number of allylic oxidation sites excluding steroid dienone is 3. The van der Waals surface area contributed by atoms with Crippen LogP contribution >= 0.6 is 0 Å². The van der Waals surface area contributed by atoms with E-state index in [0.717, 1.165) is 57.8 Å². The molecule has 38 heavy (non-hydrogen) atoms. The van der Waals surface area contributed by atoms with Gasteiger partial charge in [0, 0.05) is 12.8 Å². The minimum Gasteiger partial charge on any atom is -0.481 e. The first kappa shape index (κ1) is 36.4. The number of esters is 1. The number of carboxylic acids is 1. The molecular formula is C34H62O4. The van der Waals surface area contributed by atoms with Crippen molar-refractivity contribution in [2.45, 2.75) is 180 Å². The van der Waals surface area contributed by atoms with E-state index < -0.39 is 5.97 Å². The predicted octanol–water partition coefficient (Wildman–Crippen LogP) is 10.9. The summed E-state index contributed by atoms with van der Waals surface area (Å²) < 4.78 is 5.75. The van der Waals surface area contributed by atoms with E-state index in [0.29, 0.717) is 6.42 Å². The Morgan fingerprint density at radius 1 is 0.579 bits per heavy atom. The van der Waals surface area contributed by atoms with E-state index in [4.69, 9.17) is 9.84 Å². The molecule has 0 aromatic heterocycles. The first-order chi connectivity index (χ1) is 18.6. The van der Waals surface area contributed by atoms with Gasteiger partial charge in [-0.3, -0.25) is 9.59 Å². The molecule has 4 nitrogen and oxygen atoms in total. The van der Waals surface area contributed by atoms with Crippen molar-refractivity contribution >= 4 is 11.9 Å². The molecule has 0 radical (unpaired) electrons. The van der Waals surface area contributed by atoms with E-state index in [9.17, 15) is 9.59 Å². The highest BCUT2D eigenvalue weighted by Crippen LogP contribution is 2.15. The Morgan fingerprint density at radius 2 is 1.08 bits per heavy atom. The molecule has 0 aromatic rings. The second kappa shape index (κ2) is 30.0. The van der Waals surface area contributed by atoms with Gasteiger partial charge in [0.1, 0.15) is 6.10 Å². The lowest BCUT2D eigenvalue weighted by molar-refractivity contribution is -0.147. The van der Waals surface area contributed by atoms with Crippen LogP contribution in [0.15, 0.2) is 24.3 Å². The van der Waals surface area contributed by atoms with Gasteiger partial charge in [0.25, 0.3) is 0 Å². The van der Waals surface area contributed by atoms with Crippen molar-refractivity contribution in [3.05, 3.63) is 24.3 Å². The Bertz CT molecular complexity index is 581. The second-order valence-corrected chi connectivity index (χ2v) is 11.0. The Morgan fingerprint density at radius 3 is 1.63 bits per heavy atom. The lowest BCUT2D eigenvalue weighted by Gasteiger charge is -2.14. The molecule has 0 heterocycles. The highest BCUT2D eigenvalue weighted by molar-refractivity contribution is 5.69.